The molecule has 0 fully saturated rings. The number of hydrogen-bond acceptors (Lipinski definition) is 0. The van der Waals surface area contributed by atoms with E-state index in [0.717, 1.165) is 6.32 Å². The Bertz CT molecular complexity index is 1190. The Hall–Kier alpha value is -3.26. The van der Waals surface area contributed by atoms with E-state index >= 15 is 0 Å². The van der Waals surface area contributed by atoms with Crippen molar-refractivity contribution in [3.8, 4) is 11.3 Å². The van der Waals surface area contributed by atoms with Gasteiger partial charge in [-0.05, 0) is 23.8 Å². The molecule has 0 N–H and O–H groups in total. The molecule has 6 rings (SSSR count). The molecule has 0 bridgehead atoms. The Balaban J connectivity index is 0.000000158. The Morgan fingerprint density at radius 2 is 1.59 bits per heavy atom. The second-order valence-electron chi connectivity index (χ2n) is 6.93. The summed E-state index contributed by atoms with van der Waals surface area (Å²) >= 11 is 0. The van der Waals surface area contributed by atoms with Gasteiger partial charge in [0.15, 0.2) is 5.69 Å². The van der Waals surface area contributed by atoms with Gasteiger partial charge in [-0.3, -0.25) is 4.48 Å². The van der Waals surface area contributed by atoms with Gasteiger partial charge < -0.3 is 0 Å². The summed E-state index contributed by atoms with van der Waals surface area (Å²) in [7, 11) is 4.31. The molecular weight excluding hydrogens is 350 g/mol. The van der Waals surface area contributed by atoms with Crippen LogP contribution in [0.15, 0.2) is 103 Å². The van der Waals surface area contributed by atoms with E-state index in [1.54, 1.807) is 0 Å². The fourth-order valence-electron chi connectivity index (χ4n) is 3.84. The van der Waals surface area contributed by atoms with Gasteiger partial charge in [0, 0.05) is 20.9 Å². The van der Waals surface area contributed by atoms with E-state index in [-0.39, 0.29) is 7.43 Å². The first-order valence-corrected chi connectivity index (χ1v) is 9.60. The molecule has 3 aromatic heterocycles. The van der Waals surface area contributed by atoms with Crippen molar-refractivity contribution in [3.63, 3.8) is 0 Å². The minimum atomic E-state index is 0. The van der Waals surface area contributed by atoms with E-state index in [2.05, 4.69) is 120 Å². The summed E-state index contributed by atoms with van der Waals surface area (Å²) in [6.07, 6.45) is 5.20. The Kier molecular flexibility index (Phi) is 5.16. The third kappa shape index (κ3) is 3.71. The average molecular weight is 378 g/mol. The molecule has 1 aliphatic heterocycles. The molecule has 0 atom stereocenters. The zero-order valence-electron chi connectivity index (χ0n) is 17.6. The van der Waals surface area contributed by atoms with E-state index in [9.17, 15) is 0 Å². The molecule has 29 heavy (non-hydrogen) atoms. The van der Waals surface area contributed by atoms with Crippen molar-refractivity contribution in [2.24, 2.45) is 0 Å². The van der Waals surface area contributed by atoms with Crippen LogP contribution < -0.4 is 8.79 Å². The zero-order chi connectivity index (χ0) is 20.8. The summed E-state index contributed by atoms with van der Waals surface area (Å²) in [6.45, 7) is 0. The summed E-state index contributed by atoms with van der Waals surface area (Å²) in [4.78, 5) is 0. The first kappa shape index (κ1) is 17.8. The maximum atomic E-state index is 5.00. The van der Waals surface area contributed by atoms with Gasteiger partial charge in [0.1, 0.15) is 6.20 Å². The van der Waals surface area contributed by atoms with Crippen LogP contribution in [0.3, 0.4) is 0 Å². The number of aromatic nitrogens is 2. The minimum absolute atomic E-state index is 0. The van der Waals surface area contributed by atoms with Gasteiger partial charge in [-0.1, -0.05) is 25.6 Å². The average Bonchev–Trinajstić information content (AvgIpc) is 2.85. The number of hydrogen-bond donors (Lipinski definition) is 0. The van der Waals surface area contributed by atoms with Crippen molar-refractivity contribution >= 4 is 30.8 Å². The second-order valence-corrected chi connectivity index (χ2v) is 6.93. The quantitative estimate of drug-likeness (QED) is 0.279. The van der Waals surface area contributed by atoms with E-state index in [0.29, 0.717) is 0 Å². The summed E-state index contributed by atoms with van der Waals surface area (Å²) in [5.74, 6) is 2.14. The molecule has 5 aromatic rings. The van der Waals surface area contributed by atoms with Gasteiger partial charge in [-0.25, -0.2) is 0 Å². The topological polar surface area (TPSA) is 7.98 Å². The summed E-state index contributed by atoms with van der Waals surface area (Å²) in [5, 5.41) is 2.59. The van der Waals surface area contributed by atoms with E-state index in [4.69, 9.17) is 2.97 Å². The molecule has 1 radical (unpaired) electrons. The molecule has 0 unspecified atom stereocenters. The predicted molar refractivity (Wildman–Crippen MR) is 124 cm³/mol. The number of pyridine rings is 2. The van der Waals surface area contributed by atoms with Crippen molar-refractivity contribution in [1.82, 2.24) is 0 Å². The zero-order valence-corrected chi connectivity index (χ0v) is 15.6. The van der Waals surface area contributed by atoms with Crippen LogP contribution in [0.5, 0.6) is 0 Å². The van der Waals surface area contributed by atoms with E-state index < -0.39 is 0 Å². The summed E-state index contributed by atoms with van der Waals surface area (Å²) in [5.41, 5.74) is 5.31. The molecule has 139 valence electrons. The molecular formula is C25H25B2N2+2. The molecule has 1 aliphatic rings. The number of nitrogens with zero attached hydrogens (tertiary/aromatic N) is 2. The van der Waals surface area contributed by atoms with Crippen molar-refractivity contribution in [2.45, 2.75) is 13.7 Å². The monoisotopic (exact) mass is 378 g/mol. The van der Waals surface area contributed by atoms with Crippen LogP contribution in [0.4, 0.5) is 0 Å². The third-order valence-electron chi connectivity index (χ3n) is 5.23. The van der Waals surface area contributed by atoms with Crippen molar-refractivity contribution < 1.29 is 11.8 Å². The van der Waals surface area contributed by atoms with Gasteiger partial charge in [-0.15, -0.1) is 0 Å². The molecule has 0 saturated heterocycles. The Morgan fingerprint density at radius 1 is 0.828 bits per heavy atom. The van der Waals surface area contributed by atoms with Crippen LogP contribution in [0.2, 0.25) is 0 Å². The van der Waals surface area contributed by atoms with Crippen LogP contribution in [0.1, 0.15) is 16.0 Å². The van der Waals surface area contributed by atoms with E-state index in [1.165, 1.54) is 33.1 Å². The summed E-state index contributed by atoms with van der Waals surface area (Å²) < 4.78 is 14.3. The molecule has 4 heteroatoms. The van der Waals surface area contributed by atoms with Crippen LogP contribution >= 0.6 is 0 Å². The number of benzene rings is 2. The third-order valence-corrected chi connectivity index (χ3v) is 5.23. The first-order chi connectivity index (χ1) is 14.9. The maximum absolute atomic E-state index is 5.00. The SMILES string of the molecule is C.[2H][3H].[B]1Cc2ccccc2-c2cccc[n+]21.b1cc2ccccc2c2cccc[n+]12. The Morgan fingerprint density at radius 3 is 2.55 bits per heavy atom. The first-order valence-electron chi connectivity index (χ1n) is 10.6. The predicted octanol–water partition coefficient (Wildman–Crippen LogP) is 4.42. The fourth-order valence-corrected chi connectivity index (χ4v) is 3.84. The van der Waals surface area contributed by atoms with Crippen LogP contribution in [0.25, 0.3) is 27.5 Å². The molecule has 4 heterocycles. The molecule has 2 nitrogen and oxygen atoms in total. The van der Waals surface area contributed by atoms with Crippen molar-refractivity contribution in [2.75, 3.05) is 0 Å². The normalized spacial score (nSPS) is 11.4. The number of rotatable bonds is 0. The standard InChI is InChI=1S/C12H10BN.C12H9BN.CH4.H2/c2*1-2-6-11-10(5-1)9-13-14-8-4-3-7-12(11)14;;/h1-8H,9H2;1-9H;1H4;1H/q2*+1;;/i;;;1+2D. The summed E-state index contributed by atoms with van der Waals surface area (Å²) in [6, 6.07) is 29.6. The van der Waals surface area contributed by atoms with Crippen LogP contribution in [-0.4, -0.2) is 14.5 Å². The molecule has 0 amide bonds. The van der Waals surface area contributed by atoms with Gasteiger partial charge in [-0.2, -0.15) is 0 Å². The molecule has 0 saturated carbocycles. The molecule has 2 aromatic carbocycles. The number of fused-ring (bicyclic) bond motifs is 6. The molecule has 0 aliphatic carbocycles. The van der Waals surface area contributed by atoms with Crippen molar-refractivity contribution in [1.29, 1.82) is 0 Å². The second kappa shape index (κ2) is 8.40. The van der Waals surface area contributed by atoms with E-state index in [1.807, 2.05) is 6.07 Å². The van der Waals surface area contributed by atoms with Gasteiger partial charge >= 0.3 is 89.7 Å². The fraction of sp³-hybridized carbons (Fsp3) is 0.0800. The van der Waals surface area contributed by atoms with Gasteiger partial charge in [0.2, 0.25) is 0 Å². The Labute approximate surface area is 176 Å². The van der Waals surface area contributed by atoms with Gasteiger partial charge in [0.05, 0.1) is 0 Å². The van der Waals surface area contributed by atoms with Crippen LogP contribution in [0, 0.1) is 0 Å². The molecule has 0 spiro atoms. The van der Waals surface area contributed by atoms with Gasteiger partial charge in [0.25, 0.3) is 0 Å². The van der Waals surface area contributed by atoms with Crippen molar-refractivity contribution in [3.05, 3.63) is 109 Å². The van der Waals surface area contributed by atoms with Crippen LogP contribution in [-0.2, 0) is 6.32 Å².